The first kappa shape index (κ1) is 14.9. The molecule has 2 N–H and O–H groups in total. The first-order valence-corrected chi connectivity index (χ1v) is 7.18. The van der Waals surface area contributed by atoms with Crippen molar-refractivity contribution in [3.8, 4) is 5.75 Å². The van der Waals surface area contributed by atoms with E-state index in [1.807, 2.05) is 18.2 Å². The molecule has 0 aliphatic rings. The maximum absolute atomic E-state index is 5.99. The number of benzene rings is 2. The van der Waals surface area contributed by atoms with E-state index in [1.165, 1.54) is 5.56 Å². The Morgan fingerprint density at radius 1 is 1.10 bits per heavy atom. The van der Waals surface area contributed by atoms with Gasteiger partial charge >= 0.3 is 0 Å². The molecule has 106 valence electrons. The highest BCUT2D eigenvalue weighted by atomic mass is 35.5. The summed E-state index contributed by atoms with van der Waals surface area (Å²) in [4.78, 5) is 0. The van der Waals surface area contributed by atoms with Crippen molar-refractivity contribution >= 4 is 11.6 Å². The monoisotopic (exact) mass is 289 g/mol. The predicted molar refractivity (Wildman–Crippen MR) is 84.2 cm³/mol. The van der Waals surface area contributed by atoms with Crippen molar-refractivity contribution in [1.29, 1.82) is 0 Å². The lowest BCUT2D eigenvalue weighted by atomic mass is 10.0. The van der Waals surface area contributed by atoms with Crippen LogP contribution in [0.1, 0.15) is 36.5 Å². The Morgan fingerprint density at radius 2 is 1.80 bits per heavy atom. The first-order chi connectivity index (χ1) is 9.60. The molecule has 0 aliphatic carbocycles. The quantitative estimate of drug-likeness (QED) is 0.879. The Hall–Kier alpha value is -1.51. The fourth-order valence-corrected chi connectivity index (χ4v) is 2.15. The van der Waals surface area contributed by atoms with Gasteiger partial charge in [0.2, 0.25) is 0 Å². The van der Waals surface area contributed by atoms with Crippen molar-refractivity contribution < 1.29 is 4.74 Å². The molecule has 0 atom stereocenters. The highest BCUT2D eigenvalue weighted by Crippen LogP contribution is 2.24. The van der Waals surface area contributed by atoms with Crippen LogP contribution in [-0.2, 0) is 13.2 Å². The van der Waals surface area contributed by atoms with Gasteiger partial charge in [-0.1, -0.05) is 55.8 Å². The molecule has 0 aromatic heterocycles. The highest BCUT2D eigenvalue weighted by Gasteiger charge is 2.04. The van der Waals surface area contributed by atoms with Gasteiger partial charge in [-0.05, 0) is 29.2 Å². The van der Waals surface area contributed by atoms with Crippen molar-refractivity contribution in [3.05, 3.63) is 64.2 Å². The molecule has 3 heteroatoms. The third-order valence-electron chi connectivity index (χ3n) is 3.29. The van der Waals surface area contributed by atoms with E-state index in [2.05, 4.69) is 38.1 Å². The average Bonchev–Trinajstić information content (AvgIpc) is 2.45. The van der Waals surface area contributed by atoms with Crippen molar-refractivity contribution in [2.75, 3.05) is 0 Å². The first-order valence-electron chi connectivity index (χ1n) is 6.80. The molecule has 2 nitrogen and oxygen atoms in total. The molecule has 0 amide bonds. The van der Waals surface area contributed by atoms with E-state index in [4.69, 9.17) is 22.1 Å². The number of hydrogen-bond acceptors (Lipinski definition) is 2. The molecule has 0 saturated carbocycles. The van der Waals surface area contributed by atoms with Gasteiger partial charge in [-0.25, -0.2) is 0 Å². The zero-order chi connectivity index (χ0) is 14.5. The molecule has 2 rings (SSSR count). The SMILES string of the molecule is CC(C)c1ccc(COc2cc(Cl)ccc2CN)cc1. The molecule has 0 unspecified atom stereocenters. The van der Waals surface area contributed by atoms with Gasteiger partial charge in [0, 0.05) is 17.1 Å². The van der Waals surface area contributed by atoms with Gasteiger partial charge in [-0.15, -0.1) is 0 Å². The molecule has 0 saturated heterocycles. The third kappa shape index (κ3) is 3.75. The van der Waals surface area contributed by atoms with E-state index in [-0.39, 0.29) is 0 Å². The van der Waals surface area contributed by atoms with Crippen LogP contribution in [0.5, 0.6) is 5.75 Å². The van der Waals surface area contributed by atoms with Gasteiger partial charge < -0.3 is 10.5 Å². The van der Waals surface area contributed by atoms with Crippen LogP contribution in [0.15, 0.2) is 42.5 Å². The fourth-order valence-electron chi connectivity index (χ4n) is 1.99. The molecular formula is C17H20ClNO. The number of hydrogen-bond donors (Lipinski definition) is 1. The van der Waals surface area contributed by atoms with Gasteiger partial charge in [-0.2, -0.15) is 0 Å². The summed E-state index contributed by atoms with van der Waals surface area (Å²) >= 11 is 5.99. The second kappa shape index (κ2) is 6.78. The van der Waals surface area contributed by atoms with Gasteiger partial charge in [0.25, 0.3) is 0 Å². The largest absolute Gasteiger partial charge is 0.489 e. The lowest BCUT2D eigenvalue weighted by molar-refractivity contribution is 0.303. The predicted octanol–water partition coefficient (Wildman–Crippen LogP) is 4.50. The van der Waals surface area contributed by atoms with Crippen molar-refractivity contribution in [2.45, 2.75) is 32.9 Å². The summed E-state index contributed by atoms with van der Waals surface area (Å²) in [5.41, 5.74) is 9.13. The van der Waals surface area contributed by atoms with E-state index < -0.39 is 0 Å². The Labute approximate surface area is 125 Å². The Balaban J connectivity index is 2.06. The van der Waals surface area contributed by atoms with Crippen molar-refractivity contribution in [2.24, 2.45) is 5.73 Å². The Morgan fingerprint density at radius 3 is 2.40 bits per heavy atom. The van der Waals surface area contributed by atoms with Gasteiger partial charge in [0.15, 0.2) is 0 Å². The summed E-state index contributed by atoms with van der Waals surface area (Å²) in [7, 11) is 0. The molecule has 0 fully saturated rings. The molecule has 0 radical (unpaired) electrons. The second-order valence-electron chi connectivity index (χ2n) is 5.14. The van der Waals surface area contributed by atoms with E-state index in [0.717, 1.165) is 16.9 Å². The lowest BCUT2D eigenvalue weighted by Gasteiger charge is -2.12. The van der Waals surface area contributed by atoms with Crippen LogP contribution >= 0.6 is 11.6 Å². The molecular weight excluding hydrogens is 270 g/mol. The van der Waals surface area contributed by atoms with Crippen LogP contribution in [-0.4, -0.2) is 0 Å². The Bertz CT molecular complexity index is 564. The number of rotatable bonds is 5. The maximum atomic E-state index is 5.99. The molecule has 0 aliphatic heterocycles. The highest BCUT2D eigenvalue weighted by molar-refractivity contribution is 6.30. The molecule has 0 spiro atoms. The van der Waals surface area contributed by atoms with Crippen molar-refractivity contribution in [1.82, 2.24) is 0 Å². The Kier molecular flexibility index (Phi) is 5.05. The summed E-state index contributed by atoms with van der Waals surface area (Å²) in [6, 6.07) is 14.0. The van der Waals surface area contributed by atoms with Crippen LogP contribution in [0.4, 0.5) is 0 Å². The van der Waals surface area contributed by atoms with Gasteiger partial charge in [0.1, 0.15) is 12.4 Å². The standard InChI is InChI=1S/C17H20ClNO/c1-12(2)14-5-3-13(4-6-14)11-20-17-9-16(18)8-7-15(17)10-19/h3-9,12H,10-11,19H2,1-2H3. The maximum Gasteiger partial charge on any atom is 0.125 e. The average molecular weight is 290 g/mol. The fraction of sp³-hybridized carbons (Fsp3) is 0.294. The summed E-state index contributed by atoms with van der Waals surface area (Å²) in [6.45, 7) is 5.33. The number of ether oxygens (including phenoxy) is 1. The second-order valence-corrected chi connectivity index (χ2v) is 5.58. The van der Waals surface area contributed by atoms with E-state index in [0.29, 0.717) is 24.1 Å². The molecule has 0 bridgehead atoms. The molecule has 2 aromatic rings. The van der Waals surface area contributed by atoms with E-state index in [1.54, 1.807) is 0 Å². The molecule has 0 heterocycles. The topological polar surface area (TPSA) is 35.2 Å². The van der Waals surface area contributed by atoms with Crippen LogP contribution < -0.4 is 10.5 Å². The summed E-state index contributed by atoms with van der Waals surface area (Å²) in [6.07, 6.45) is 0. The van der Waals surface area contributed by atoms with Crippen LogP contribution in [0.3, 0.4) is 0 Å². The lowest BCUT2D eigenvalue weighted by Crippen LogP contribution is -2.03. The normalized spacial score (nSPS) is 10.8. The zero-order valence-electron chi connectivity index (χ0n) is 11.9. The summed E-state index contributed by atoms with van der Waals surface area (Å²) in [5.74, 6) is 1.30. The third-order valence-corrected chi connectivity index (χ3v) is 3.52. The minimum atomic E-state index is 0.443. The molecule has 20 heavy (non-hydrogen) atoms. The van der Waals surface area contributed by atoms with Crippen molar-refractivity contribution in [3.63, 3.8) is 0 Å². The number of halogens is 1. The minimum Gasteiger partial charge on any atom is -0.489 e. The van der Waals surface area contributed by atoms with Crippen LogP contribution in [0.2, 0.25) is 5.02 Å². The van der Waals surface area contributed by atoms with E-state index >= 15 is 0 Å². The van der Waals surface area contributed by atoms with Gasteiger partial charge in [0.05, 0.1) is 0 Å². The molecule has 2 aromatic carbocycles. The smallest absolute Gasteiger partial charge is 0.125 e. The zero-order valence-corrected chi connectivity index (χ0v) is 12.7. The summed E-state index contributed by atoms with van der Waals surface area (Å²) < 4.78 is 5.83. The van der Waals surface area contributed by atoms with Crippen LogP contribution in [0.25, 0.3) is 0 Å². The van der Waals surface area contributed by atoms with E-state index in [9.17, 15) is 0 Å². The van der Waals surface area contributed by atoms with Crippen LogP contribution in [0, 0.1) is 0 Å². The number of nitrogens with two attached hydrogens (primary N) is 1. The minimum absolute atomic E-state index is 0.443. The summed E-state index contributed by atoms with van der Waals surface area (Å²) in [5, 5.41) is 0.660. The van der Waals surface area contributed by atoms with Gasteiger partial charge in [-0.3, -0.25) is 0 Å².